The number of nitrogens with two attached hydrogens (primary N) is 1. The molecule has 7 nitrogen and oxygen atoms in total. The molecule has 0 aliphatic heterocycles. The minimum atomic E-state index is -1.59. The Labute approximate surface area is 91.6 Å². The van der Waals surface area contributed by atoms with E-state index in [0.29, 0.717) is 0 Å². The van der Waals surface area contributed by atoms with E-state index in [4.69, 9.17) is 10.8 Å². The fraction of sp³-hybridized carbons (Fsp3) is 0.556. The lowest BCUT2D eigenvalue weighted by Gasteiger charge is -2.12. The summed E-state index contributed by atoms with van der Waals surface area (Å²) < 4.78 is 4.59. The maximum atomic E-state index is 10.9. The highest BCUT2D eigenvalue weighted by molar-refractivity contribution is 6.32. The van der Waals surface area contributed by atoms with Crippen molar-refractivity contribution >= 4 is 23.6 Å². The van der Waals surface area contributed by atoms with Crippen LogP contribution in [0.5, 0.6) is 0 Å². The average molecular weight is 231 g/mol. The van der Waals surface area contributed by atoms with E-state index in [2.05, 4.69) is 4.74 Å². The van der Waals surface area contributed by atoms with Gasteiger partial charge >= 0.3 is 11.9 Å². The molecule has 0 spiro atoms. The van der Waals surface area contributed by atoms with Crippen molar-refractivity contribution in [3.63, 3.8) is 0 Å². The number of ether oxygens (including phenoxy) is 1. The van der Waals surface area contributed by atoms with Crippen molar-refractivity contribution in [3.05, 3.63) is 0 Å². The maximum Gasteiger partial charge on any atom is 0.372 e. The van der Waals surface area contributed by atoms with Gasteiger partial charge in [-0.1, -0.05) is 0 Å². The van der Waals surface area contributed by atoms with Gasteiger partial charge in [-0.25, -0.2) is 4.79 Å². The van der Waals surface area contributed by atoms with Gasteiger partial charge in [0.15, 0.2) is 0 Å². The summed E-state index contributed by atoms with van der Waals surface area (Å²) >= 11 is 0. The minimum absolute atomic E-state index is 0.197. The molecule has 16 heavy (non-hydrogen) atoms. The number of carboxylic acids is 1. The zero-order valence-electron chi connectivity index (χ0n) is 8.76. The number of amides is 1. The number of esters is 1. The Balaban J connectivity index is 4.30. The van der Waals surface area contributed by atoms with E-state index >= 15 is 0 Å². The first kappa shape index (κ1) is 14.1. The van der Waals surface area contributed by atoms with Gasteiger partial charge in [0.25, 0.3) is 0 Å². The molecule has 1 amide bonds. The quantitative estimate of drug-likeness (QED) is 0.431. The number of aliphatic carboxylic acids is 1. The van der Waals surface area contributed by atoms with Crippen molar-refractivity contribution in [2.75, 3.05) is 6.61 Å². The van der Waals surface area contributed by atoms with E-state index in [1.165, 1.54) is 6.92 Å². The normalized spacial score (nSPS) is 11.6. The number of primary amides is 1. The first-order valence-electron chi connectivity index (χ1n) is 4.50. The van der Waals surface area contributed by atoms with Gasteiger partial charge in [-0.2, -0.15) is 0 Å². The third kappa shape index (κ3) is 6.52. The van der Waals surface area contributed by atoms with Gasteiger partial charge in [0, 0.05) is 25.7 Å². The highest BCUT2D eigenvalue weighted by atomic mass is 16.5. The first-order chi connectivity index (χ1) is 7.32. The van der Waals surface area contributed by atoms with Crippen LogP contribution in [0.15, 0.2) is 0 Å². The number of carboxylic acid groups (broad SMARTS) is 1. The summed E-state index contributed by atoms with van der Waals surface area (Å²) in [6.45, 7) is 0.970. The molecule has 90 valence electrons. The first-order valence-corrected chi connectivity index (χ1v) is 4.50. The van der Waals surface area contributed by atoms with Crippen LogP contribution in [-0.4, -0.2) is 35.3 Å². The summed E-state index contributed by atoms with van der Waals surface area (Å²) in [5, 5.41) is 8.37. The Morgan fingerprint density at radius 1 is 1.25 bits per heavy atom. The Hall–Kier alpha value is -1.92. The summed E-state index contributed by atoms with van der Waals surface area (Å²) in [7, 11) is 0. The molecular weight excluding hydrogens is 218 g/mol. The lowest BCUT2D eigenvalue weighted by molar-refractivity contribution is -0.150. The fourth-order valence-electron chi connectivity index (χ4n) is 1.06. The van der Waals surface area contributed by atoms with Crippen molar-refractivity contribution in [2.24, 2.45) is 11.7 Å². The number of ketones is 1. The van der Waals surface area contributed by atoms with Gasteiger partial charge in [-0.3, -0.25) is 14.4 Å². The molecule has 0 aromatic carbocycles. The van der Waals surface area contributed by atoms with Crippen molar-refractivity contribution < 1.29 is 29.0 Å². The summed E-state index contributed by atoms with van der Waals surface area (Å²) in [6.07, 6.45) is -0.585. The predicted molar refractivity (Wildman–Crippen MR) is 51.2 cm³/mol. The number of hydrogen-bond acceptors (Lipinski definition) is 5. The Bertz CT molecular complexity index is 311. The third-order valence-electron chi connectivity index (χ3n) is 1.72. The number of rotatable bonds is 7. The summed E-state index contributed by atoms with van der Waals surface area (Å²) in [5.74, 6) is -4.58. The molecule has 0 rings (SSSR count). The van der Waals surface area contributed by atoms with Crippen LogP contribution in [0.3, 0.4) is 0 Å². The topological polar surface area (TPSA) is 124 Å². The number of hydrogen-bond donors (Lipinski definition) is 2. The largest absolute Gasteiger partial charge is 0.476 e. The zero-order chi connectivity index (χ0) is 12.7. The van der Waals surface area contributed by atoms with Crippen LogP contribution in [0, 0.1) is 5.92 Å². The number of Topliss-reactive ketones (excluding diaryl/α,β-unsaturated/α-hetero) is 1. The molecule has 0 radical (unpaired) electrons. The van der Waals surface area contributed by atoms with Crippen LogP contribution in [0.2, 0.25) is 0 Å². The lowest BCUT2D eigenvalue weighted by atomic mass is 9.99. The molecule has 1 unspecified atom stereocenters. The second-order valence-electron chi connectivity index (χ2n) is 3.27. The third-order valence-corrected chi connectivity index (χ3v) is 1.72. The molecule has 0 aromatic rings. The maximum absolute atomic E-state index is 10.9. The van der Waals surface area contributed by atoms with Gasteiger partial charge in [0.2, 0.25) is 11.7 Å². The molecule has 0 aliphatic rings. The molecule has 1 atom stereocenters. The molecule has 0 aromatic heterocycles. The molecule has 0 fully saturated rings. The highest BCUT2D eigenvalue weighted by Crippen LogP contribution is 2.10. The standard InChI is InChI=1S/C9H13NO6/c1-5(11)16-4-6(3-8(10)13)2-7(12)9(14)15/h6H,2-4H2,1H3,(H2,10,13)(H,14,15). The Morgan fingerprint density at radius 3 is 2.19 bits per heavy atom. The van der Waals surface area contributed by atoms with Gasteiger partial charge in [0.05, 0.1) is 6.61 Å². The molecule has 0 bridgehead atoms. The van der Waals surface area contributed by atoms with Crippen molar-refractivity contribution in [3.8, 4) is 0 Å². The molecular formula is C9H13NO6. The van der Waals surface area contributed by atoms with Crippen LogP contribution in [-0.2, 0) is 23.9 Å². The average Bonchev–Trinajstić information content (AvgIpc) is 2.12. The van der Waals surface area contributed by atoms with Crippen LogP contribution in [0.4, 0.5) is 0 Å². The number of carbonyl (C=O) groups excluding carboxylic acids is 3. The smallest absolute Gasteiger partial charge is 0.372 e. The second-order valence-corrected chi connectivity index (χ2v) is 3.27. The van der Waals surface area contributed by atoms with Crippen molar-refractivity contribution in [1.29, 1.82) is 0 Å². The molecule has 0 aliphatic carbocycles. The van der Waals surface area contributed by atoms with Crippen LogP contribution < -0.4 is 5.73 Å². The predicted octanol–water partition coefficient (Wildman–Crippen LogP) is -0.915. The van der Waals surface area contributed by atoms with E-state index in [9.17, 15) is 19.2 Å². The van der Waals surface area contributed by atoms with Gasteiger partial charge < -0.3 is 15.6 Å². The molecule has 0 heterocycles. The van der Waals surface area contributed by atoms with Gasteiger partial charge in [-0.05, 0) is 0 Å². The highest BCUT2D eigenvalue weighted by Gasteiger charge is 2.21. The second kappa shape index (κ2) is 6.54. The van der Waals surface area contributed by atoms with Crippen LogP contribution in [0.1, 0.15) is 19.8 Å². The van der Waals surface area contributed by atoms with Crippen molar-refractivity contribution in [2.45, 2.75) is 19.8 Å². The van der Waals surface area contributed by atoms with E-state index in [-0.39, 0.29) is 19.4 Å². The van der Waals surface area contributed by atoms with Gasteiger partial charge in [0.1, 0.15) is 0 Å². The van der Waals surface area contributed by atoms with Gasteiger partial charge in [-0.15, -0.1) is 0 Å². The van der Waals surface area contributed by atoms with E-state index in [1.807, 2.05) is 0 Å². The molecule has 7 heteroatoms. The van der Waals surface area contributed by atoms with E-state index in [1.54, 1.807) is 0 Å². The minimum Gasteiger partial charge on any atom is -0.476 e. The lowest BCUT2D eigenvalue weighted by Crippen LogP contribution is -2.25. The van der Waals surface area contributed by atoms with Crippen molar-refractivity contribution in [1.82, 2.24) is 0 Å². The molecule has 3 N–H and O–H groups in total. The van der Waals surface area contributed by atoms with E-state index < -0.39 is 29.5 Å². The summed E-state index contributed by atoms with van der Waals surface area (Å²) in [6, 6.07) is 0. The number of carbonyl (C=O) groups is 4. The van der Waals surface area contributed by atoms with Crippen LogP contribution in [0.25, 0.3) is 0 Å². The SMILES string of the molecule is CC(=O)OCC(CC(N)=O)CC(=O)C(=O)O. The van der Waals surface area contributed by atoms with E-state index in [0.717, 1.165) is 0 Å². The summed E-state index contributed by atoms with van der Waals surface area (Å²) in [5.41, 5.74) is 4.91. The monoisotopic (exact) mass is 231 g/mol. The molecule has 0 saturated carbocycles. The Morgan fingerprint density at radius 2 is 1.81 bits per heavy atom. The zero-order valence-corrected chi connectivity index (χ0v) is 8.76. The summed E-state index contributed by atoms with van der Waals surface area (Å²) in [4.78, 5) is 42.3. The Kier molecular flexibility index (Phi) is 5.76. The van der Waals surface area contributed by atoms with Crippen LogP contribution >= 0.6 is 0 Å². The molecule has 0 saturated heterocycles. The fourth-order valence-corrected chi connectivity index (χ4v) is 1.06.